The Bertz CT molecular complexity index is 1750. The normalized spacial score (nSPS) is 14.1. The third-order valence-electron chi connectivity index (χ3n) is 7.01. The number of hydrogen-bond acceptors (Lipinski definition) is 9. The topological polar surface area (TPSA) is 123 Å². The number of piperazine rings is 1. The van der Waals surface area contributed by atoms with Crippen molar-refractivity contribution >= 4 is 38.4 Å². The molecule has 1 fully saturated rings. The molecule has 1 aliphatic rings. The fourth-order valence-corrected chi connectivity index (χ4v) is 6.33. The molecule has 11 nitrogen and oxygen atoms in total. The zero-order valence-corrected chi connectivity index (χ0v) is 24.1. The number of nitrogens with one attached hydrogen (secondary N) is 1. The van der Waals surface area contributed by atoms with Gasteiger partial charge in [-0.15, -0.1) is 0 Å². The summed E-state index contributed by atoms with van der Waals surface area (Å²) in [6, 6.07) is 15.2. The summed E-state index contributed by atoms with van der Waals surface area (Å²) in [5, 5.41) is 4.21. The summed E-state index contributed by atoms with van der Waals surface area (Å²) in [5.41, 5.74) is 2.29. The first-order valence-electron chi connectivity index (χ1n) is 12.9. The second-order valence-corrected chi connectivity index (χ2v) is 11.1. The van der Waals surface area contributed by atoms with E-state index >= 15 is 0 Å². The van der Waals surface area contributed by atoms with Crippen molar-refractivity contribution in [1.82, 2.24) is 10.1 Å². The van der Waals surface area contributed by atoms with Gasteiger partial charge in [0.25, 0.3) is 10.0 Å². The van der Waals surface area contributed by atoms with Gasteiger partial charge in [0.05, 0.1) is 21.3 Å². The molecule has 1 aliphatic heterocycles. The van der Waals surface area contributed by atoms with Crippen molar-refractivity contribution in [2.75, 3.05) is 57.1 Å². The molecule has 2 heterocycles. The number of carbonyl (C=O) groups excluding carboxylic acids is 1. The van der Waals surface area contributed by atoms with Crippen molar-refractivity contribution < 1.29 is 45.1 Å². The summed E-state index contributed by atoms with van der Waals surface area (Å²) in [5.74, 6) is -1.58. The smallest absolute Gasteiger partial charge is 0.471 e. The molecule has 1 amide bonds. The van der Waals surface area contributed by atoms with Crippen molar-refractivity contribution in [3.05, 3.63) is 54.6 Å². The van der Waals surface area contributed by atoms with Crippen LogP contribution in [-0.4, -0.2) is 78.1 Å². The molecule has 0 saturated carbocycles. The molecule has 0 spiro atoms. The molecule has 3 aromatic carbocycles. The van der Waals surface area contributed by atoms with Gasteiger partial charge < -0.3 is 28.5 Å². The Morgan fingerprint density at radius 2 is 1.53 bits per heavy atom. The first-order valence-corrected chi connectivity index (χ1v) is 14.4. The molecule has 0 atom stereocenters. The molecule has 0 radical (unpaired) electrons. The van der Waals surface area contributed by atoms with Gasteiger partial charge in [-0.25, -0.2) is 8.42 Å². The molecule has 43 heavy (non-hydrogen) atoms. The molecular weight excluding hydrogens is 593 g/mol. The zero-order valence-electron chi connectivity index (χ0n) is 23.3. The number of rotatable bonds is 8. The zero-order chi connectivity index (χ0) is 30.9. The largest absolute Gasteiger partial charge is 0.496 e. The van der Waals surface area contributed by atoms with E-state index in [4.69, 9.17) is 18.7 Å². The molecule has 5 rings (SSSR count). The second kappa shape index (κ2) is 11.6. The van der Waals surface area contributed by atoms with E-state index in [0.29, 0.717) is 5.56 Å². The van der Waals surface area contributed by atoms with E-state index in [1.165, 1.54) is 33.5 Å². The van der Waals surface area contributed by atoms with E-state index in [0.717, 1.165) is 16.2 Å². The Morgan fingerprint density at radius 3 is 2.14 bits per heavy atom. The maximum atomic E-state index is 13.4. The highest BCUT2D eigenvalue weighted by Gasteiger charge is 2.43. The Kier molecular flexibility index (Phi) is 8.01. The van der Waals surface area contributed by atoms with Crippen LogP contribution in [0.2, 0.25) is 0 Å². The van der Waals surface area contributed by atoms with Crippen LogP contribution in [0, 0.1) is 0 Å². The van der Waals surface area contributed by atoms with Crippen LogP contribution in [-0.2, 0) is 14.8 Å². The van der Waals surface area contributed by atoms with E-state index in [2.05, 4.69) is 9.88 Å². The summed E-state index contributed by atoms with van der Waals surface area (Å²) in [6.07, 6.45) is -4.92. The monoisotopic (exact) mass is 620 g/mol. The first kappa shape index (κ1) is 29.8. The number of nitrogens with zero attached hydrogens (tertiary/aromatic N) is 3. The van der Waals surface area contributed by atoms with Crippen LogP contribution in [0.5, 0.6) is 17.2 Å². The number of para-hydroxylation sites is 1. The van der Waals surface area contributed by atoms with Gasteiger partial charge >= 0.3 is 12.1 Å². The van der Waals surface area contributed by atoms with Crippen molar-refractivity contribution in [3.8, 4) is 28.4 Å². The average Bonchev–Trinajstić information content (AvgIpc) is 3.41. The van der Waals surface area contributed by atoms with Gasteiger partial charge in [0.1, 0.15) is 22.6 Å². The highest BCUT2D eigenvalue weighted by molar-refractivity contribution is 7.93. The number of sulfonamides is 1. The lowest BCUT2D eigenvalue weighted by Crippen LogP contribution is -2.52. The van der Waals surface area contributed by atoms with Gasteiger partial charge in [0, 0.05) is 37.4 Å². The average molecular weight is 621 g/mol. The summed E-state index contributed by atoms with van der Waals surface area (Å²) in [4.78, 5) is 14.1. The van der Waals surface area contributed by atoms with Crippen LogP contribution >= 0.6 is 0 Å². The SMILES string of the molecule is COc1cccc(OC)c1S(=O)(=O)Nc1noc2cc(-c3ccccc3N3CCN(C(=O)C(F)(F)F)CC3)cc(OC)c12. The lowest BCUT2D eigenvalue weighted by molar-refractivity contribution is -0.185. The van der Waals surface area contributed by atoms with Crippen LogP contribution in [0.15, 0.2) is 64.0 Å². The van der Waals surface area contributed by atoms with Crippen molar-refractivity contribution in [2.45, 2.75) is 11.1 Å². The van der Waals surface area contributed by atoms with E-state index in [9.17, 15) is 26.4 Å². The van der Waals surface area contributed by atoms with Crippen LogP contribution in [0.25, 0.3) is 22.1 Å². The van der Waals surface area contributed by atoms with E-state index in [1.54, 1.807) is 30.3 Å². The van der Waals surface area contributed by atoms with Crippen LogP contribution in [0.4, 0.5) is 24.7 Å². The van der Waals surface area contributed by atoms with E-state index in [1.807, 2.05) is 17.0 Å². The quantitative estimate of drug-likeness (QED) is 0.303. The van der Waals surface area contributed by atoms with Crippen LogP contribution in [0.3, 0.4) is 0 Å². The minimum Gasteiger partial charge on any atom is -0.496 e. The number of amides is 1. The number of benzene rings is 3. The second-order valence-electron chi connectivity index (χ2n) is 9.47. The molecule has 0 unspecified atom stereocenters. The lowest BCUT2D eigenvalue weighted by atomic mass is 10.0. The Labute approximate surface area is 244 Å². The van der Waals surface area contributed by atoms with E-state index < -0.39 is 22.1 Å². The maximum Gasteiger partial charge on any atom is 0.471 e. The number of hydrogen-bond donors (Lipinski definition) is 1. The summed E-state index contributed by atoms with van der Waals surface area (Å²) in [7, 11) is -0.185. The number of carbonyl (C=O) groups is 1. The Morgan fingerprint density at radius 1 is 0.907 bits per heavy atom. The minimum absolute atomic E-state index is 0.0640. The van der Waals surface area contributed by atoms with Crippen LogP contribution in [0.1, 0.15) is 0 Å². The molecule has 4 aromatic rings. The number of ether oxygens (including phenoxy) is 3. The highest BCUT2D eigenvalue weighted by atomic mass is 32.2. The number of aromatic nitrogens is 1. The third kappa shape index (κ3) is 5.71. The Hall–Kier alpha value is -4.66. The summed E-state index contributed by atoms with van der Waals surface area (Å²) in [6.45, 7) is 0.215. The fraction of sp³-hybridized carbons (Fsp3) is 0.286. The van der Waals surface area contributed by atoms with Gasteiger partial charge in [-0.2, -0.15) is 13.2 Å². The van der Waals surface area contributed by atoms with Gasteiger partial charge in [-0.3, -0.25) is 9.52 Å². The predicted octanol–water partition coefficient (Wildman–Crippen LogP) is 4.53. The number of halogens is 3. The molecule has 1 N–H and O–H groups in total. The molecular formula is C28H27F3N4O7S. The number of alkyl halides is 3. The first-order chi connectivity index (χ1) is 20.5. The molecule has 228 valence electrons. The number of fused-ring (bicyclic) bond motifs is 1. The molecule has 0 bridgehead atoms. The number of anilines is 2. The minimum atomic E-state index is -4.92. The maximum absolute atomic E-state index is 13.4. The van der Waals surface area contributed by atoms with Crippen LogP contribution < -0.4 is 23.8 Å². The molecule has 1 aromatic heterocycles. The third-order valence-corrected chi connectivity index (χ3v) is 8.41. The molecule has 15 heteroatoms. The van der Waals surface area contributed by atoms with Crippen molar-refractivity contribution in [1.29, 1.82) is 0 Å². The lowest BCUT2D eigenvalue weighted by Gasteiger charge is -2.37. The van der Waals surface area contributed by atoms with Crippen molar-refractivity contribution in [2.24, 2.45) is 0 Å². The van der Waals surface area contributed by atoms with Gasteiger partial charge in [0.2, 0.25) is 0 Å². The predicted molar refractivity (Wildman–Crippen MR) is 151 cm³/mol. The number of methoxy groups -OCH3 is 3. The van der Waals surface area contributed by atoms with Gasteiger partial charge in [-0.05, 0) is 35.9 Å². The summed E-state index contributed by atoms with van der Waals surface area (Å²) >= 11 is 0. The Balaban J connectivity index is 1.48. The van der Waals surface area contributed by atoms with E-state index in [-0.39, 0.29) is 65.1 Å². The fourth-order valence-electron chi connectivity index (χ4n) is 5.01. The molecule has 0 aliphatic carbocycles. The standard InChI is InChI=1S/C28H27F3N4O7S/c1-39-20-9-6-10-21(40-2)25(20)43(37,38)33-26-24-22(41-3)15-17(16-23(24)42-32-26)18-7-4-5-8-19(18)34-11-13-35(14-12-34)27(36)28(29,30)31/h4-10,15-16H,11-14H2,1-3H3,(H,32,33). The van der Waals surface area contributed by atoms with Gasteiger partial charge in [-0.1, -0.05) is 29.4 Å². The van der Waals surface area contributed by atoms with Crippen molar-refractivity contribution in [3.63, 3.8) is 0 Å². The summed E-state index contributed by atoms with van der Waals surface area (Å²) < 4.78 is 89.7. The van der Waals surface area contributed by atoms with Gasteiger partial charge in [0.15, 0.2) is 16.3 Å². The highest BCUT2D eigenvalue weighted by Crippen LogP contribution is 2.41. The molecule has 1 saturated heterocycles.